The molecule has 0 aliphatic rings. The largest absolute Gasteiger partial charge is 0.466 e. The summed E-state index contributed by atoms with van der Waals surface area (Å²) in [7, 11) is 0. The number of allylic oxidation sites excluding steroid dienone is 1. The van der Waals surface area contributed by atoms with Gasteiger partial charge in [-0.15, -0.1) is 0 Å². The molecule has 410 valence electrons. The molecule has 6 nitrogen and oxygen atoms in total. The number of rotatable bonds is 59. The summed E-state index contributed by atoms with van der Waals surface area (Å²) in [5, 5.41) is 23.2. The molecule has 1 amide bonds. The van der Waals surface area contributed by atoms with Crippen LogP contribution in [0.15, 0.2) is 12.2 Å². The first-order valence-electron chi connectivity index (χ1n) is 31.5. The van der Waals surface area contributed by atoms with Gasteiger partial charge in [0.15, 0.2) is 0 Å². The average molecular weight is 975 g/mol. The molecule has 2 atom stereocenters. The second kappa shape index (κ2) is 59.2. The van der Waals surface area contributed by atoms with E-state index in [0.717, 1.165) is 57.8 Å². The highest BCUT2D eigenvalue weighted by molar-refractivity contribution is 5.76. The van der Waals surface area contributed by atoms with Crippen molar-refractivity contribution >= 4 is 11.9 Å². The minimum atomic E-state index is -0.853. The zero-order valence-electron chi connectivity index (χ0n) is 46.8. The first kappa shape index (κ1) is 67.6. The van der Waals surface area contributed by atoms with E-state index in [4.69, 9.17) is 4.74 Å². The number of esters is 1. The molecule has 0 saturated carbocycles. The smallest absolute Gasteiger partial charge is 0.305 e. The second-order valence-corrected chi connectivity index (χ2v) is 21.8. The van der Waals surface area contributed by atoms with E-state index in [1.165, 1.54) is 270 Å². The van der Waals surface area contributed by atoms with Gasteiger partial charge in [0, 0.05) is 12.8 Å². The summed E-state index contributed by atoms with van der Waals surface area (Å²) < 4.78 is 5.48. The summed E-state index contributed by atoms with van der Waals surface area (Å²) in [5.41, 5.74) is 0. The molecule has 0 aromatic rings. The van der Waals surface area contributed by atoms with Crippen molar-refractivity contribution in [3.8, 4) is 0 Å². The average Bonchev–Trinajstić information content (AvgIpc) is 3.35. The molecule has 0 aliphatic heterocycles. The van der Waals surface area contributed by atoms with E-state index < -0.39 is 12.1 Å². The number of amides is 1. The lowest BCUT2D eigenvalue weighted by Crippen LogP contribution is -2.45. The fourth-order valence-electron chi connectivity index (χ4n) is 9.99. The summed E-state index contributed by atoms with van der Waals surface area (Å²) in [4.78, 5) is 24.6. The monoisotopic (exact) mass is 974 g/mol. The zero-order chi connectivity index (χ0) is 50.0. The molecule has 69 heavy (non-hydrogen) atoms. The number of ether oxygens (including phenoxy) is 1. The van der Waals surface area contributed by atoms with Gasteiger partial charge in [-0.25, -0.2) is 0 Å². The van der Waals surface area contributed by atoms with Gasteiger partial charge in [-0.3, -0.25) is 9.59 Å². The first-order valence-corrected chi connectivity index (χ1v) is 31.5. The summed E-state index contributed by atoms with van der Waals surface area (Å²) >= 11 is 0. The predicted molar refractivity (Wildman–Crippen MR) is 301 cm³/mol. The second-order valence-electron chi connectivity index (χ2n) is 21.8. The van der Waals surface area contributed by atoms with Gasteiger partial charge in [-0.05, 0) is 32.1 Å². The van der Waals surface area contributed by atoms with Crippen LogP contribution in [0.5, 0.6) is 0 Å². The Morgan fingerprint density at radius 3 is 0.986 bits per heavy atom. The van der Waals surface area contributed by atoms with Crippen molar-refractivity contribution in [2.45, 2.75) is 366 Å². The number of aliphatic hydroxyl groups excluding tert-OH is 2. The van der Waals surface area contributed by atoms with E-state index in [2.05, 4.69) is 19.2 Å². The maximum Gasteiger partial charge on any atom is 0.305 e. The Bertz CT molecular complexity index is 1030. The first-order chi connectivity index (χ1) is 34.0. The predicted octanol–water partition coefficient (Wildman–Crippen LogP) is 19.6. The number of unbranched alkanes of at least 4 members (excludes halogenated alkanes) is 48. The number of hydrogen-bond acceptors (Lipinski definition) is 5. The lowest BCUT2D eigenvalue weighted by Gasteiger charge is -2.20. The van der Waals surface area contributed by atoms with Gasteiger partial charge in [0.2, 0.25) is 5.91 Å². The molecule has 0 spiro atoms. The van der Waals surface area contributed by atoms with Crippen LogP contribution in [0.25, 0.3) is 0 Å². The number of carbonyl (C=O) groups excluding carboxylic acids is 2. The molecule has 2 unspecified atom stereocenters. The highest BCUT2D eigenvalue weighted by Crippen LogP contribution is 2.18. The third kappa shape index (κ3) is 55.8. The molecular formula is C63H123NO5. The highest BCUT2D eigenvalue weighted by atomic mass is 16.5. The Kier molecular flexibility index (Phi) is 58.0. The van der Waals surface area contributed by atoms with Gasteiger partial charge < -0.3 is 20.3 Å². The SMILES string of the molecule is CCCCCCCCCCCCCCCCCCCCCCC/C=C/C(O)C(CO)NC(=O)CCCCCCCCCCCCCCCOC(=O)CCCCCCCCCCCCCCCCCC. The number of hydrogen-bond donors (Lipinski definition) is 3. The summed E-state index contributed by atoms with van der Waals surface area (Å²) in [5.74, 6) is -0.0785. The molecule has 0 saturated heterocycles. The third-order valence-corrected chi connectivity index (χ3v) is 14.8. The van der Waals surface area contributed by atoms with Gasteiger partial charge in [-0.2, -0.15) is 0 Å². The van der Waals surface area contributed by atoms with Crippen molar-refractivity contribution in [2.24, 2.45) is 0 Å². The van der Waals surface area contributed by atoms with Crippen LogP contribution in [0.1, 0.15) is 354 Å². The molecule has 0 rings (SSSR count). The highest BCUT2D eigenvalue weighted by Gasteiger charge is 2.18. The Labute approximate surface area is 431 Å². The summed E-state index contributed by atoms with van der Waals surface area (Å²) in [6.07, 6.45) is 71.0. The molecule has 0 aromatic carbocycles. The lowest BCUT2D eigenvalue weighted by atomic mass is 10.0. The van der Waals surface area contributed by atoms with E-state index >= 15 is 0 Å². The molecule has 0 heterocycles. The topological polar surface area (TPSA) is 95.9 Å². The molecule has 6 heteroatoms. The van der Waals surface area contributed by atoms with E-state index in [1.807, 2.05) is 6.08 Å². The lowest BCUT2D eigenvalue weighted by molar-refractivity contribution is -0.143. The maximum atomic E-state index is 12.5. The van der Waals surface area contributed by atoms with Crippen LogP contribution >= 0.6 is 0 Å². The Morgan fingerprint density at radius 2 is 0.667 bits per heavy atom. The van der Waals surface area contributed by atoms with Crippen molar-refractivity contribution in [3.63, 3.8) is 0 Å². The Hall–Kier alpha value is -1.40. The molecule has 0 fully saturated rings. The van der Waals surface area contributed by atoms with Crippen molar-refractivity contribution in [2.75, 3.05) is 13.2 Å². The number of nitrogens with one attached hydrogen (secondary N) is 1. The quantitative estimate of drug-likeness (QED) is 0.0321. The fraction of sp³-hybridized carbons (Fsp3) is 0.937. The normalized spacial score (nSPS) is 12.6. The fourth-order valence-corrected chi connectivity index (χ4v) is 9.99. The van der Waals surface area contributed by atoms with Crippen molar-refractivity contribution in [1.29, 1.82) is 0 Å². The molecule has 0 radical (unpaired) electrons. The standard InChI is InChI=1S/C63H123NO5/c1-3-5-7-9-11-13-15-17-19-21-22-23-24-25-26-27-28-31-35-39-43-47-51-55-61(66)60(59-65)64-62(67)56-52-48-44-40-36-32-30-34-38-42-46-50-54-58-69-63(68)57-53-49-45-41-37-33-29-20-18-16-14-12-10-8-6-4-2/h51,55,60-61,65-66H,3-50,52-54,56-59H2,1-2H3,(H,64,67)/b55-51+. The van der Waals surface area contributed by atoms with Crippen LogP contribution < -0.4 is 5.32 Å². The number of carbonyl (C=O) groups is 2. The van der Waals surface area contributed by atoms with Gasteiger partial charge in [0.05, 0.1) is 25.4 Å². The molecular weight excluding hydrogens is 851 g/mol. The van der Waals surface area contributed by atoms with Crippen LogP contribution in [0.4, 0.5) is 0 Å². The Morgan fingerprint density at radius 1 is 0.391 bits per heavy atom. The van der Waals surface area contributed by atoms with Crippen LogP contribution in [0.2, 0.25) is 0 Å². The molecule has 0 bridgehead atoms. The molecule has 0 aromatic heterocycles. The van der Waals surface area contributed by atoms with Crippen LogP contribution in [-0.2, 0) is 14.3 Å². The van der Waals surface area contributed by atoms with E-state index in [9.17, 15) is 19.8 Å². The van der Waals surface area contributed by atoms with Gasteiger partial charge >= 0.3 is 5.97 Å². The minimum Gasteiger partial charge on any atom is -0.466 e. The maximum absolute atomic E-state index is 12.5. The Balaban J connectivity index is 3.46. The van der Waals surface area contributed by atoms with Gasteiger partial charge in [0.25, 0.3) is 0 Å². The van der Waals surface area contributed by atoms with Crippen molar-refractivity contribution in [1.82, 2.24) is 5.32 Å². The van der Waals surface area contributed by atoms with Crippen molar-refractivity contribution in [3.05, 3.63) is 12.2 Å². The molecule has 3 N–H and O–H groups in total. The zero-order valence-corrected chi connectivity index (χ0v) is 46.8. The van der Waals surface area contributed by atoms with E-state index in [1.54, 1.807) is 6.08 Å². The number of aliphatic hydroxyl groups is 2. The summed E-state index contributed by atoms with van der Waals surface area (Å²) in [6, 6.07) is -0.638. The van der Waals surface area contributed by atoms with Crippen LogP contribution in [0, 0.1) is 0 Å². The molecule has 0 aliphatic carbocycles. The van der Waals surface area contributed by atoms with Gasteiger partial charge in [0.1, 0.15) is 0 Å². The van der Waals surface area contributed by atoms with E-state index in [-0.39, 0.29) is 18.5 Å². The summed E-state index contributed by atoms with van der Waals surface area (Å²) in [6.45, 7) is 4.91. The van der Waals surface area contributed by atoms with Gasteiger partial charge in [-0.1, -0.05) is 321 Å². The third-order valence-electron chi connectivity index (χ3n) is 14.8. The minimum absolute atomic E-state index is 0.00221. The van der Waals surface area contributed by atoms with Crippen molar-refractivity contribution < 1.29 is 24.5 Å². The van der Waals surface area contributed by atoms with Crippen LogP contribution in [0.3, 0.4) is 0 Å². The van der Waals surface area contributed by atoms with E-state index in [0.29, 0.717) is 19.4 Å². The van der Waals surface area contributed by atoms with Crippen LogP contribution in [-0.4, -0.2) is 47.4 Å².